The van der Waals surface area contributed by atoms with Gasteiger partial charge in [-0.3, -0.25) is 14.4 Å². The first-order valence-corrected chi connectivity index (χ1v) is 8.50. The predicted molar refractivity (Wildman–Crippen MR) is 102 cm³/mol. The smallest absolute Gasteiger partial charge is 0.248 e. The van der Waals surface area contributed by atoms with Gasteiger partial charge in [-0.25, -0.2) is 0 Å². The van der Waals surface area contributed by atoms with Crippen molar-refractivity contribution in [1.29, 1.82) is 0 Å². The fraction of sp³-hybridized carbons (Fsp3) is 0.286. The van der Waals surface area contributed by atoms with Gasteiger partial charge in [0.15, 0.2) is 5.78 Å². The molecule has 0 fully saturated rings. The molecule has 0 saturated heterocycles. The number of nitrogens with one attached hydrogen (secondary N) is 1. The minimum Gasteiger partial charge on any atom is -0.366 e. The van der Waals surface area contributed by atoms with Crippen molar-refractivity contribution >= 4 is 23.3 Å². The highest BCUT2D eigenvalue weighted by Gasteiger charge is 2.15. The zero-order valence-corrected chi connectivity index (χ0v) is 15.3. The van der Waals surface area contributed by atoms with Gasteiger partial charge < -0.3 is 11.1 Å². The molecule has 3 N–H and O–H groups in total. The highest BCUT2D eigenvalue weighted by atomic mass is 16.2. The molecule has 0 radical (unpaired) electrons. The molecule has 2 aromatic carbocycles. The lowest BCUT2D eigenvalue weighted by atomic mass is 9.86. The van der Waals surface area contributed by atoms with Crippen molar-refractivity contribution in [3.63, 3.8) is 0 Å². The van der Waals surface area contributed by atoms with Gasteiger partial charge >= 0.3 is 0 Å². The molecule has 2 amide bonds. The molecule has 0 aromatic heterocycles. The normalized spacial score (nSPS) is 11.0. The lowest BCUT2D eigenvalue weighted by Gasteiger charge is -2.18. The Hall–Kier alpha value is -2.95. The molecule has 136 valence electrons. The minimum absolute atomic E-state index is 0.0333. The minimum atomic E-state index is -0.522. The van der Waals surface area contributed by atoms with Crippen LogP contribution in [0.4, 0.5) is 5.69 Å². The van der Waals surface area contributed by atoms with Crippen LogP contribution in [0.3, 0.4) is 0 Å². The van der Waals surface area contributed by atoms with E-state index >= 15 is 0 Å². The number of carbonyl (C=O) groups is 3. The van der Waals surface area contributed by atoms with Crippen molar-refractivity contribution in [1.82, 2.24) is 0 Å². The van der Waals surface area contributed by atoms with Gasteiger partial charge in [0.05, 0.1) is 0 Å². The highest BCUT2D eigenvalue weighted by Crippen LogP contribution is 2.22. The van der Waals surface area contributed by atoms with Crippen LogP contribution in [0.5, 0.6) is 0 Å². The molecule has 5 heteroatoms. The van der Waals surface area contributed by atoms with Gasteiger partial charge in [0.25, 0.3) is 0 Å². The fourth-order valence-electron chi connectivity index (χ4n) is 2.47. The Labute approximate surface area is 153 Å². The second-order valence-electron chi connectivity index (χ2n) is 7.24. The standard InChI is InChI=1S/C21H24N2O3/c1-21(2,3)16-8-4-14(5-9-16)18(24)12-13-19(25)23-17-10-6-15(7-11-17)20(22)26/h4-11H,12-13H2,1-3H3,(H2,22,26)(H,23,25). The molecule has 0 unspecified atom stereocenters. The van der Waals surface area contributed by atoms with Gasteiger partial charge in [-0.05, 0) is 35.2 Å². The third-order valence-corrected chi connectivity index (χ3v) is 4.11. The van der Waals surface area contributed by atoms with Crippen molar-refractivity contribution in [3.05, 3.63) is 65.2 Å². The van der Waals surface area contributed by atoms with Crippen molar-refractivity contribution in [2.45, 2.75) is 39.0 Å². The van der Waals surface area contributed by atoms with Crippen molar-refractivity contribution in [2.24, 2.45) is 5.73 Å². The number of amides is 2. The van der Waals surface area contributed by atoms with Crippen LogP contribution < -0.4 is 11.1 Å². The summed E-state index contributed by atoms with van der Waals surface area (Å²) in [5.41, 5.74) is 7.90. The lowest BCUT2D eigenvalue weighted by Crippen LogP contribution is -2.15. The number of Topliss-reactive ketones (excluding diaryl/α,β-unsaturated/α-hetero) is 1. The second-order valence-corrected chi connectivity index (χ2v) is 7.24. The number of primary amides is 1. The lowest BCUT2D eigenvalue weighted by molar-refractivity contribution is -0.116. The average molecular weight is 352 g/mol. The van der Waals surface area contributed by atoms with Crippen LogP contribution in [-0.2, 0) is 10.2 Å². The number of ketones is 1. The molecule has 0 bridgehead atoms. The van der Waals surface area contributed by atoms with Crippen LogP contribution in [0.1, 0.15) is 59.9 Å². The maximum Gasteiger partial charge on any atom is 0.248 e. The summed E-state index contributed by atoms with van der Waals surface area (Å²) in [5, 5.41) is 2.70. The Bertz CT molecular complexity index is 801. The van der Waals surface area contributed by atoms with E-state index in [-0.39, 0.29) is 29.9 Å². The molecule has 0 aliphatic heterocycles. The van der Waals surface area contributed by atoms with E-state index in [0.717, 1.165) is 5.56 Å². The summed E-state index contributed by atoms with van der Waals surface area (Å²) in [6.07, 6.45) is 0.234. The summed E-state index contributed by atoms with van der Waals surface area (Å²) >= 11 is 0. The Kier molecular flexibility index (Phi) is 5.93. The first-order chi connectivity index (χ1) is 12.2. The van der Waals surface area contributed by atoms with Gasteiger partial charge in [-0.15, -0.1) is 0 Å². The number of hydrogen-bond acceptors (Lipinski definition) is 3. The van der Waals surface area contributed by atoms with Gasteiger partial charge in [-0.1, -0.05) is 45.0 Å². The molecule has 0 heterocycles. The maximum absolute atomic E-state index is 12.3. The summed E-state index contributed by atoms with van der Waals surface area (Å²) in [6, 6.07) is 13.8. The van der Waals surface area contributed by atoms with E-state index in [2.05, 4.69) is 26.1 Å². The van der Waals surface area contributed by atoms with E-state index in [1.807, 2.05) is 24.3 Å². The largest absolute Gasteiger partial charge is 0.366 e. The molecule has 26 heavy (non-hydrogen) atoms. The summed E-state index contributed by atoms with van der Waals surface area (Å²) < 4.78 is 0. The first kappa shape index (κ1) is 19.4. The third kappa shape index (κ3) is 5.28. The van der Waals surface area contributed by atoms with E-state index in [9.17, 15) is 14.4 Å². The molecule has 0 atom stereocenters. The topological polar surface area (TPSA) is 89.3 Å². The monoisotopic (exact) mass is 352 g/mol. The molecule has 5 nitrogen and oxygen atoms in total. The average Bonchev–Trinajstić information content (AvgIpc) is 2.59. The maximum atomic E-state index is 12.3. The van der Waals surface area contributed by atoms with E-state index in [1.54, 1.807) is 24.3 Å². The Morgan fingerprint density at radius 1 is 0.846 bits per heavy atom. The number of carbonyl (C=O) groups excluding carboxylic acids is 3. The zero-order chi connectivity index (χ0) is 19.3. The van der Waals surface area contributed by atoms with E-state index < -0.39 is 5.91 Å². The Morgan fingerprint density at radius 3 is 1.88 bits per heavy atom. The number of hydrogen-bond donors (Lipinski definition) is 2. The summed E-state index contributed by atoms with van der Waals surface area (Å²) in [7, 11) is 0. The van der Waals surface area contributed by atoms with Gasteiger partial charge in [0.2, 0.25) is 11.8 Å². The van der Waals surface area contributed by atoms with E-state index in [4.69, 9.17) is 5.73 Å². The van der Waals surface area contributed by atoms with Crippen molar-refractivity contribution in [2.75, 3.05) is 5.32 Å². The molecule has 0 saturated carbocycles. The molecular formula is C21H24N2O3. The van der Waals surface area contributed by atoms with Crippen LogP contribution in [0.2, 0.25) is 0 Å². The number of rotatable bonds is 6. The van der Waals surface area contributed by atoms with Crippen LogP contribution in [0, 0.1) is 0 Å². The van der Waals surface area contributed by atoms with Gasteiger partial charge in [-0.2, -0.15) is 0 Å². The molecule has 2 aromatic rings. The Balaban J connectivity index is 1.88. The third-order valence-electron chi connectivity index (χ3n) is 4.11. The van der Waals surface area contributed by atoms with Crippen molar-refractivity contribution < 1.29 is 14.4 Å². The van der Waals surface area contributed by atoms with Crippen LogP contribution >= 0.6 is 0 Å². The van der Waals surface area contributed by atoms with Crippen LogP contribution in [-0.4, -0.2) is 17.6 Å². The summed E-state index contributed by atoms with van der Waals surface area (Å²) in [4.78, 5) is 35.3. The second kappa shape index (κ2) is 7.95. The first-order valence-electron chi connectivity index (χ1n) is 8.50. The van der Waals surface area contributed by atoms with Crippen LogP contribution in [0.25, 0.3) is 0 Å². The number of nitrogens with two attached hydrogens (primary N) is 1. The van der Waals surface area contributed by atoms with Gasteiger partial charge in [0.1, 0.15) is 0 Å². The SMILES string of the molecule is CC(C)(C)c1ccc(C(=O)CCC(=O)Nc2ccc(C(N)=O)cc2)cc1. The quantitative estimate of drug-likeness (QED) is 0.777. The summed E-state index contributed by atoms with van der Waals surface area (Å²) in [6.45, 7) is 6.35. The molecule has 2 rings (SSSR count). The fourth-order valence-corrected chi connectivity index (χ4v) is 2.47. The predicted octanol–water partition coefficient (Wildman–Crippen LogP) is 3.68. The molecule has 0 aliphatic carbocycles. The van der Waals surface area contributed by atoms with E-state index in [1.165, 1.54) is 0 Å². The van der Waals surface area contributed by atoms with E-state index in [0.29, 0.717) is 16.8 Å². The summed E-state index contributed by atoms with van der Waals surface area (Å²) in [5.74, 6) is -0.841. The molecular weight excluding hydrogens is 328 g/mol. The number of anilines is 1. The molecule has 0 aliphatic rings. The van der Waals surface area contributed by atoms with Crippen molar-refractivity contribution in [3.8, 4) is 0 Å². The molecule has 0 spiro atoms. The van der Waals surface area contributed by atoms with Gasteiger partial charge in [0, 0.05) is 29.7 Å². The zero-order valence-electron chi connectivity index (χ0n) is 15.3. The Morgan fingerprint density at radius 2 is 1.38 bits per heavy atom. The highest BCUT2D eigenvalue weighted by molar-refractivity contribution is 6.00. The van der Waals surface area contributed by atoms with Crippen LogP contribution in [0.15, 0.2) is 48.5 Å². The number of benzene rings is 2.